The zero-order valence-electron chi connectivity index (χ0n) is 15.8. The van der Waals surface area contributed by atoms with Gasteiger partial charge >= 0.3 is 0 Å². The van der Waals surface area contributed by atoms with E-state index in [0.717, 1.165) is 22.0 Å². The lowest BCUT2D eigenvalue weighted by molar-refractivity contribution is 0.305. The Bertz CT molecular complexity index is 994. The number of benzene rings is 1. The van der Waals surface area contributed by atoms with Gasteiger partial charge in [0.2, 0.25) is 15.0 Å². The molecule has 3 aromatic rings. The molecule has 0 N–H and O–H groups in total. The van der Waals surface area contributed by atoms with Gasteiger partial charge in [0.1, 0.15) is 0 Å². The summed E-state index contributed by atoms with van der Waals surface area (Å²) in [5.74, 6) is 0.0339. The van der Waals surface area contributed by atoms with Gasteiger partial charge in [0.25, 0.3) is 0 Å². The molecule has 0 aliphatic rings. The fourth-order valence-corrected chi connectivity index (χ4v) is 4.51. The second kappa shape index (κ2) is 8.33. The van der Waals surface area contributed by atoms with Crippen molar-refractivity contribution in [2.75, 3.05) is 12.8 Å². The van der Waals surface area contributed by atoms with Crippen LogP contribution < -0.4 is 0 Å². The number of aromatic nitrogens is 3. The monoisotopic (exact) mass is 404 g/mol. The second-order valence-electron chi connectivity index (χ2n) is 6.54. The summed E-state index contributed by atoms with van der Waals surface area (Å²) < 4.78 is 26.8. The Balaban J connectivity index is 1.87. The number of aryl methyl sites for hydroxylation is 1. The van der Waals surface area contributed by atoms with Crippen molar-refractivity contribution in [3.05, 3.63) is 63.9 Å². The Kier molecular flexibility index (Phi) is 6.08. The summed E-state index contributed by atoms with van der Waals surface area (Å²) in [6, 6.07) is 9.85. The molecule has 0 aliphatic heterocycles. The topological polar surface area (TPSA) is 68.1 Å². The molecule has 0 aliphatic carbocycles. The molecule has 2 heterocycles. The van der Waals surface area contributed by atoms with Crippen LogP contribution in [0.5, 0.6) is 0 Å². The van der Waals surface area contributed by atoms with Crippen molar-refractivity contribution in [3.8, 4) is 0 Å². The molecule has 0 amide bonds. The van der Waals surface area contributed by atoms with Crippen molar-refractivity contribution in [2.45, 2.75) is 38.6 Å². The standard InChI is InChI=1S/C19H24N4O2S2/c1-4-27(24,25)19-20-10-18(23(19)11-16-8-6-5-7-9-16)13-22(3)12-17-14-26-15(2)21-17/h5-10,14H,4,11-13H2,1-3H3. The first-order valence-corrected chi connectivity index (χ1v) is 11.3. The quantitative estimate of drug-likeness (QED) is 0.577. The molecule has 0 bridgehead atoms. The second-order valence-corrected chi connectivity index (χ2v) is 9.77. The van der Waals surface area contributed by atoms with Crippen molar-refractivity contribution in [1.82, 2.24) is 19.4 Å². The fraction of sp³-hybridized carbons (Fsp3) is 0.368. The van der Waals surface area contributed by atoms with E-state index in [1.807, 2.05) is 48.9 Å². The number of sulfone groups is 1. The van der Waals surface area contributed by atoms with Gasteiger partial charge in [-0.05, 0) is 19.5 Å². The van der Waals surface area contributed by atoms with Crippen LogP contribution in [-0.4, -0.2) is 40.7 Å². The molecule has 0 saturated carbocycles. The smallest absolute Gasteiger partial charge is 0.228 e. The van der Waals surface area contributed by atoms with E-state index in [0.29, 0.717) is 19.6 Å². The van der Waals surface area contributed by atoms with E-state index < -0.39 is 9.84 Å². The van der Waals surface area contributed by atoms with Crippen LogP contribution in [0.3, 0.4) is 0 Å². The SMILES string of the molecule is CCS(=O)(=O)c1ncc(CN(C)Cc2csc(C)n2)n1Cc1ccccc1. The molecule has 0 unspecified atom stereocenters. The van der Waals surface area contributed by atoms with Crippen molar-refractivity contribution < 1.29 is 8.42 Å². The van der Waals surface area contributed by atoms with E-state index in [1.165, 1.54) is 0 Å². The van der Waals surface area contributed by atoms with Gasteiger partial charge in [0.05, 0.1) is 34.9 Å². The maximum Gasteiger partial charge on any atom is 0.228 e. The predicted octanol–water partition coefficient (Wildman–Crippen LogP) is 3.12. The van der Waals surface area contributed by atoms with E-state index in [1.54, 1.807) is 24.5 Å². The third-order valence-corrected chi connectivity index (χ3v) is 6.74. The number of hydrogen-bond acceptors (Lipinski definition) is 6. The van der Waals surface area contributed by atoms with Crippen LogP contribution in [0.1, 0.15) is 28.9 Å². The highest BCUT2D eigenvalue weighted by atomic mass is 32.2. The molecule has 144 valence electrons. The Hall–Kier alpha value is -2.03. The number of rotatable bonds is 8. The highest BCUT2D eigenvalue weighted by molar-refractivity contribution is 7.91. The summed E-state index contributed by atoms with van der Waals surface area (Å²) in [5.41, 5.74) is 2.94. The largest absolute Gasteiger partial charge is 0.313 e. The molecule has 3 rings (SSSR count). The fourth-order valence-electron chi connectivity index (χ4n) is 2.92. The molecule has 0 radical (unpaired) electrons. The minimum atomic E-state index is -3.40. The summed E-state index contributed by atoms with van der Waals surface area (Å²) in [5, 5.41) is 3.24. The summed E-state index contributed by atoms with van der Waals surface area (Å²) in [6.07, 6.45) is 1.67. The first-order chi connectivity index (χ1) is 12.9. The third-order valence-electron chi connectivity index (χ3n) is 4.27. The number of hydrogen-bond donors (Lipinski definition) is 0. The average Bonchev–Trinajstić information content (AvgIpc) is 3.22. The molecule has 0 fully saturated rings. The van der Waals surface area contributed by atoms with Crippen LogP contribution in [0.4, 0.5) is 0 Å². The summed E-state index contributed by atoms with van der Waals surface area (Å²) in [6.45, 7) is 5.42. The Morgan fingerprint density at radius 3 is 2.56 bits per heavy atom. The van der Waals surface area contributed by atoms with Crippen molar-refractivity contribution in [3.63, 3.8) is 0 Å². The van der Waals surface area contributed by atoms with E-state index >= 15 is 0 Å². The first kappa shape index (κ1) is 19.7. The molecule has 0 saturated heterocycles. The summed E-state index contributed by atoms with van der Waals surface area (Å²) in [4.78, 5) is 10.9. The van der Waals surface area contributed by atoms with Gasteiger partial charge in [-0.15, -0.1) is 11.3 Å². The normalized spacial score (nSPS) is 12.0. The van der Waals surface area contributed by atoms with Gasteiger partial charge in [-0.3, -0.25) is 4.90 Å². The molecule has 8 heteroatoms. The number of nitrogens with zero attached hydrogens (tertiary/aromatic N) is 4. The molecule has 1 aromatic carbocycles. The maximum absolute atomic E-state index is 12.5. The van der Waals surface area contributed by atoms with Gasteiger partial charge in [-0.2, -0.15) is 0 Å². The zero-order chi connectivity index (χ0) is 19.4. The summed E-state index contributed by atoms with van der Waals surface area (Å²) in [7, 11) is -1.39. The predicted molar refractivity (Wildman–Crippen MR) is 108 cm³/mol. The maximum atomic E-state index is 12.5. The molecule has 2 aromatic heterocycles. The van der Waals surface area contributed by atoms with Gasteiger partial charge in [-0.1, -0.05) is 37.3 Å². The van der Waals surface area contributed by atoms with Gasteiger partial charge in [0.15, 0.2) is 0 Å². The van der Waals surface area contributed by atoms with E-state index in [2.05, 4.69) is 20.2 Å². The van der Waals surface area contributed by atoms with Crippen LogP contribution >= 0.6 is 11.3 Å². The first-order valence-electron chi connectivity index (χ1n) is 8.79. The van der Waals surface area contributed by atoms with Crippen molar-refractivity contribution in [1.29, 1.82) is 0 Å². The van der Waals surface area contributed by atoms with Gasteiger partial charge in [0, 0.05) is 18.5 Å². The van der Waals surface area contributed by atoms with Crippen LogP contribution in [0.25, 0.3) is 0 Å². The van der Waals surface area contributed by atoms with Crippen LogP contribution in [0, 0.1) is 6.92 Å². The lowest BCUT2D eigenvalue weighted by atomic mass is 10.2. The molecule has 6 nitrogen and oxygen atoms in total. The summed E-state index contributed by atoms with van der Waals surface area (Å²) >= 11 is 1.63. The highest BCUT2D eigenvalue weighted by Crippen LogP contribution is 2.18. The molecule has 0 spiro atoms. The number of thiazole rings is 1. The lowest BCUT2D eigenvalue weighted by Gasteiger charge is -2.18. The Morgan fingerprint density at radius 2 is 1.93 bits per heavy atom. The van der Waals surface area contributed by atoms with E-state index in [4.69, 9.17) is 0 Å². The molecule has 27 heavy (non-hydrogen) atoms. The van der Waals surface area contributed by atoms with Crippen LogP contribution in [-0.2, 0) is 29.5 Å². The molecular formula is C19H24N4O2S2. The average molecular weight is 405 g/mol. The van der Waals surface area contributed by atoms with Crippen molar-refractivity contribution in [2.24, 2.45) is 0 Å². The molecule has 0 atom stereocenters. The lowest BCUT2D eigenvalue weighted by Crippen LogP contribution is -2.21. The zero-order valence-corrected chi connectivity index (χ0v) is 17.4. The van der Waals surface area contributed by atoms with Crippen LogP contribution in [0.15, 0.2) is 47.1 Å². The number of imidazole rings is 1. The Morgan fingerprint density at radius 1 is 1.19 bits per heavy atom. The minimum absolute atomic E-state index is 0.0339. The van der Waals surface area contributed by atoms with Gasteiger partial charge in [-0.25, -0.2) is 18.4 Å². The van der Waals surface area contributed by atoms with E-state index in [9.17, 15) is 8.42 Å². The van der Waals surface area contributed by atoms with E-state index in [-0.39, 0.29) is 10.9 Å². The minimum Gasteiger partial charge on any atom is -0.313 e. The highest BCUT2D eigenvalue weighted by Gasteiger charge is 2.22. The third kappa shape index (κ3) is 4.82. The van der Waals surface area contributed by atoms with Crippen LogP contribution in [0.2, 0.25) is 0 Å². The molecular weight excluding hydrogens is 380 g/mol. The van der Waals surface area contributed by atoms with Crippen molar-refractivity contribution >= 4 is 21.2 Å². The Labute approximate surface area is 164 Å². The van der Waals surface area contributed by atoms with Gasteiger partial charge < -0.3 is 4.57 Å².